The van der Waals surface area contributed by atoms with Crippen molar-refractivity contribution in [3.63, 3.8) is 0 Å². The van der Waals surface area contributed by atoms with Crippen molar-refractivity contribution in [1.29, 1.82) is 0 Å². The van der Waals surface area contributed by atoms with E-state index in [2.05, 4.69) is 5.32 Å². The van der Waals surface area contributed by atoms with Crippen LogP contribution in [0.15, 0.2) is 29.2 Å². The highest BCUT2D eigenvalue weighted by Crippen LogP contribution is 2.28. The molecular formula is C13H18N2O3S. The number of nitrogens with two attached hydrogens (primary N) is 1. The summed E-state index contributed by atoms with van der Waals surface area (Å²) in [6, 6.07) is 6.01. The fourth-order valence-corrected chi connectivity index (χ4v) is 2.70. The molecular weight excluding hydrogens is 264 g/mol. The Morgan fingerprint density at radius 2 is 2.11 bits per heavy atom. The molecule has 1 aliphatic rings. The number of benzene rings is 1. The van der Waals surface area contributed by atoms with E-state index in [0.29, 0.717) is 12.1 Å². The molecule has 104 valence electrons. The third-order valence-corrected chi connectivity index (χ3v) is 4.58. The van der Waals surface area contributed by atoms with Gasteiger partial charge in [-0.15, -0.1) is 0 Å². The zero-order valence-corrected chi connectivity index (χ0v) is 11.7. The van der Waals surface area contributed by atoms with E-state index in [1.54, 1.807) is 12.1 Å². The van der Waals surface area contributed by atoms with Crippen LogP contribution in [0.5, 0.6) is 0 Å². The van der Waals surface area contributed by atoms with Crippen molar-refractivity contribution in [1.82, 2.24) is 5.32 Å². The molecule has 2 rings (SSSR count). The molecule has 0 aromatic heterocycles. The van der Waals surface area contributed by atoms with Gasteiger partial charge in [-0.25, -0.2) is 8.42 Å². The minimum Gasteiger partial charge on any atom is -0.350 e. The highest BCUT2D eigenvalue weighted by molar-refractivity contribution is 7.90. The molecule has 1 saturated carbocycles. The Labute approximate surface area is 113 Å². The summed E-state index contributed by atoms with van der Waals surface area (Å²) in [5.41, 5.74) is 6.07. The van der Waals surface area contributed by atoms with Crippen LogP contribution in [-0.4, -0.2) is 32.7 Å². The lowest BCUT2D eigenvalue weighted by Gasteiger charge is -2.38. The quantitative estimate of drug-likeness (QED) is 0.850. The molecule has 0 heterocycles. The minimum atomic E-state index is -3.30. The summed E-state index contributed by atoms with van der Waals surface area (Å²) in [6.45, 7) is 0.426. The standard InChI is InChI=1S/C13H18N2O3S/c1-19(17,18)11-5-2-4-10(8-11)12(16)15-9-13(14)6-3-7-13/h2,4-5,8H,3,6-7,9,14H2,1H3,(H,15,16). The molecule has 0 unspecified atom stereocenters. The monoisotopic (exact) mass is 282 g/mol. The van der Waals surface area contributed by atoms with Crippen LogP contribution in [0.25, 0.3) is 0 Å². The Hall–Kier alpha value is -1.40. The summed E-state index contributed by atoms with van der Waals surface area (Å²) >= 11 is 0. The molecule has 0 bridgehead atoms. The van der Waals surface area contributed by atoms with Crippen LogP contribution in [0.4, 0.5) is 0 Å². The maximum atomic E-state index is 11.9. The Morgan fingerprint density at radius 1 is 1.42 bits per heavy atom. The largest absolute Gasteiger partial charge is 0.350 e. The van der Waals surface area contributed by atoms with Crippen LogP contribution in [0, 0.1) is 0 Å². The summed E-state index contributed by atoms with van der Waals surface area (Å²) in [6.07, 6.45) is 4.04. The Balaban J connectivity index is 2.07. The number of amides is 1. The van der Waals surface area contributed by atoms with Crippen molar-refractivity contribution in [3.8, 4) is 0 Å². The highest BCUT2D eigenvalue weighted by atomic mass is 32.2. The number of sulfone groups is 1. The molecule has 0 atom stereocenters. The van der Waals surface area contributed by atoms with E-state index < -0.39 is 9.84 Å². The third kappa shape index (κ3) is 3.33. The third-order valence-electron chi connectivity index (χ3n) is 3.47. The average molecular weight is 282 g/mol. The second kappa shape index (κ2) is 4.94. The van der Waals surface area contributed by atoms with Crippen molar-refractivity contribution in [2.45, 2.75) is 29.7 Å². The highest BCUT2D eigenvalue weighted by Gasteiger charge is 2.32. The molecule has 5 nitrogen and oxygen atoms in total. The molecule has 0 saturated heterocycles. The van der Waals surface area contributed by atoms with Gasteiger partial charge in [0.15, 0.2) is 9.84 Å². The SMILES string of the molecule is CS(=O)(=O)c1cccc(C(=O)NCC2(N)CCC2)c1. The number of nitrogens with one attached hydrogen (secondary N) is 1. The first kappa shape index (κ1) is 14.0. The zero-order chi connectivity index (χ0) is 14.1. The van der Waals surface area contributed by atoms with Crippen LogP contribution in [0.2, 0.25) is 0 Å². The van der Waals surface area contributed by atoms with E-state index in [1.807, 2.05) is 0 Å². The van der Waals surface area contributed by atoms with Crippen LogP contribution in [0.1, 0.15) is 29.6 Å². The van der Waals surface area contributed by atoms with E-state index in [9.17, 15) is 13.2 Å². The topological polar surface area (TPSA) is 89.3 Å². The summed E-state index contributed by atoms with van der Waals surface area (Å²) in [7, 11) is -3.30. The fraction of sp³-hybridized carbons (Fsp3) is 0.462. The van der Waals surface area contributed by atoms with Crippen molar-refractivity contribution in [2.75, 3.05) is 12.8 Å². The molecule has 19 heavy (non-hydrogen) atoms. The maximum absolute atomic E-state index is 11.9. The first-order chi connectivity index (χ1) is 8.80. The van der Waals surface area contributed by atoms with Gasteiger partial charge in [-0.3, -0.25) is 4.79 Å². The van der Waals surface area contributed by atoms with E-state index in [4.69, 9.17) is 5.73 Å². The second-order valence-corrected chi connectivity index (χ2v) is 7.21. The number of hydrogen-bond acceptors (Lipinski definition) is 4. The van der Waals surface area contributed by atoms with Crippen molar-refractivity contribution in [2.24, 2.45) is 5.73 Å². The molecule has 0 aliphatic heterocycles. The van der Waals surface area contributed by atoms with Gasteiger partial charge in [0, 0.05) is 23.9 Å². The van der Waals surface area contributed by atoms with E-state index >= 15 is 0 Å². The molecule has 1 fully saturated rings. The fourth-order valence-electron chi connectivity index (χ4n) is 2.03. The lowest BCUT2D eigenvalue weighted by atomic mass is 9.78. The number of rotatable bonds is 4. The van der Waals surface area contributed by atoms with Gasteiger partial charge in [-0.1, -0.05) is 6.07 Å². The van der Waals surface area contributed by atoms with Crippen LogP contribution < -0.4 is 11.1 Å². The molecule has 1 aliphatic carbocycles. The molecule has 1 aromatic carbocycles. The average Bonchev–Trinajstić information content (AvgIpc) is 2.33. The minimum absolute atomic E-state index is 0.145. The molecule has 0 spiro atoms. The van der Waals surface area contributed by atoms with Gasteiger partial charge < -0.3 is 11.1 Å². The van der Waals surface area contributed by atoms with Crippen LogP contribution in [0.3, 0.4) is 0 Å². The first-order valence-corrected chi connectivity index (χ1v) is 8.07. The second-order valence-electron chi connectivity index (χ2n) is 5.20. The summed E-state index contributed by atoms with van der Waals surface area (Å²) in [5.74, 6) is -0.290. The van der Waals surface area contributed by atoms with Crippen LogP contribution in [-0.2, 0) is 9.84 Å². The van der Waals surface area contributed by atoms with Gasteiger partial charge in [0.1, 0.15) is 0 Å². The van der Waals surface area contributed by atoms with Gasteiger partial charge in [-0.05, 0) is 37.5 Å². The van der Waals surface area contributed by atoms with E-state index in [0.717, 1.165) is 25.5 Å². The number of carbonyl (C=O) groups is 1. The van der Waals surface area contributed by atoms with Gasteiger partial charge in [0.25, 0.3) is 5.91 Å². The predicted octanol–water partition coefficient (Wildman–Crippen LogP) is 0.701. The van der Waals surface area contributed by atoms with Crippen molar-refractivity contribution < 1.29 is 13.2 Å². The molecule has 3 N–H and O–H groups in total. The molecule has 1 amide bonds. The Bertz CT molecular complexity index is 592. The maximum Gasteiger partial charge on any atom is 0.251 e. The summed E-state index contributed by atoms with van der Waals surface area (Å²) in [5, 5.41) is 2.76. The van der Waals surface area contributed by atoms with Crippen LogP contribution >= 0.6 is 0 Å². The lowest BCUT2D eigenvalue weighted by molar-refractivity contribution is 0.0929. The summed E-state index contributed by atoms with van der Waals surface area (Å²) < 4.78 is 22.9. The van der Waals surface area contributed by atoms with Crippen molar-refractivity contribution in [3.05, 3.63) is 29.8 Å². The smallest absolute Gasteiger partial charge is 0.251 e. The summed E-state index contributed by atoms with van der Waals surface area (Å²) in [4.78, 5) is 12.1. The normalized spacial score (nSPS) is 17.6. The predicted molar refractivity (Wildman–Crippen MR) is 72.7 cm³/mol. The first-order valence-electron chi connectivity index (χ1n) is 6.17. The molecule has 1 aromatic rings. The Kier molecular flexibility index (Phi) is 3.64. The van der Waals surface area contributed by atoms with E-state index in [1.165, 1.54) is 12.1 Å². The van der Waals surface area contributed by atoms with Gasteiger partial charge >= 0.3 is 0 Å². The zero-order valence-electron chi connectivity index (χ0n) is 10.8. The van der Waals surface area contributed by atoms with E-state index in [-0.39, 0.29) is 16.3 Å². The number of carbonyl (C=O) groups excluding carboxylic acids is 1. The van der Waals surface area contributed by atoms with Crippen molar-refractivity contribution >= 4 is 15.7 Å². The van der Waals surface area contributed by atoms with Gasteiger partial charge in [0.05, 0.1) is 4.90 Å². The Morgan fingerprint density at radius 3 is 2.63 bits per heavy atom. The lowest BCUT2D eigenvalue weighted by Crippen LogP contribution is -2.54. The molecule has 6 heteroatoms. The van der Waals surface area contributed by atoms with Gasteiger partial charge in [-0.2, -0.15) is 0 Å². The van der Waals surface area contributed by atoms with Gasteiger partial charge in [0.2, 0.25) is 0 Å². The number of hydrogen-bond donors (Lipinski definition) is 2. The molecule has 0 radical (unpaired) electrons.